The summed E-state index contributed by atoms with van der Waals surface area (Å²) in [4.78, 5) is 0. The summed E-state index contributed by atoms with van der Waals surface area (Å²) in [5, 5.41) is 3.64. The first-order valence-corrected chi connectivity index (χ1v) is 8.38. The van der Waals surface area contributed by atoms with Gasteiger partial charge in [-0.1, -0.05) is 32.0 Å². The van der Waals surface area contributed by atoms with Crippen molar-refractivity contribution < 1.29 is 9.47 Å². The van der Waals surface area contributed by atoms with Gasteiger partial charge in [0.15, 0.2) is 0 Å². The molecule has 3 heteroatoms. The van der Waals surface area contributed by atoms with Gasteiger partial charge in [0, 0.05) is 12.6 Å². The fraction of sp³-hybridized carbons (Fsp3) is 0.667. The lowest BCUT2D eigenvalue weighted by Gasteiger charge is -2.29. The molecule has 1 aromatic rings. The number of benzene rings is 1. The third-order valence-electron chi connectivity index (χ3n) is 4.00. The second-order valence-corrected chi connectivity index (χ2v) is 5.83. The molecule has 1 heterocycles. The first kappa shape index (κ1) is 16.3. The van der Waals surface area contributed by atoms with Crippen LogP contribution in [-0.4, -0.2) is 32.4 Å². The van der Waals surface area contributed by atoms with Crippen LogP contribution in [-0.2, 0) is 4.74 Å². The maximum atomic E-state index is 5.78. The molecular formula is C18H29NO2. The van der Waals surface area contributed by atoms with Crippen LogP contribution in [0.2, 0.25) is 0 Å². The van der Waals surface area contributed by atoms with Crippen LogP contribution in [0.3, 0.4) is 0 Å². The third-order valence-corrected chi connectivity index (χ3v) is 4.00. The van der Waals surface area contributed by atoms with Crippen LogP contribution in [0.1, 0.15) is 51.0 Å². The minimum atomic E-state index is 0.438. The Labute approximate surface area is 129 Å². The molecule has 0 radical (unpaired) electrons. The van der Waals surface area contributed by atoms with Crippen LogP contribution < -0.4 is 10.1 Å². The van der Waals surface area contributed by atoms with Gasteiger partial charge < -0.3 is 14.8 Å². The average Bonchev–Trinajstić information content (AvgIpc) is 2.53. The van der Waals surface area contributed by atoms with E-state index in [2.05, 4.69) is 43.4 Å². The molecule has 0 saturated carbocycles. The van der Waals surface area contributed by atoms with Crippen molar-refractivity contribution in [2.45, 2.75) is 51.5 Å². The van der Waals surface area contributed by atoms with Crippen molar-refractivity contribution in [3.05, 3.63) is 29.8 Å². The maximum absolute atomic E-state index is 5.78. The molecule has 2 atom stereocenters. The highest BCUT2D eigenvalue weighted by molar-refractivity contribution is 5.37. The summed E-state index contributed by atoms with van der Waals surface area (Å²) >= 11 is 0. The topological polar surface area (TPSA) is 30.5 Å². The Bertz CT molecular complexity index is 408. The lowest BCUT2D eigenvalue weighted by Crippen LogP contribution is -2.36. The smallest absolute Gasteiger partial charge is 0.122 e. The van der Waals surface area contributed by atoms with Crippen molar-refractivity contribution in [1.82, 2.24) is 5.32 Å². The van der Waals surface area contributed by atoms with Crippen LogP contribution in [0, 0.1) is 0 Å². The largest absolute Gasteiger partial charge is 0.493 e. The molecule has 2 unspecified atom stereocenters. The number of nitrogens with one attached hydrogen (secondary N) is 1. The van der Waals surface area contributed by atoms with E-state index in [-0.39, 0.29) is 0 Å². The molecule has 1 aliphatic heterocycles. The standard InChI is InChI=1S/C18H29NO2/c1-3-10-19-16(14-20-11-4-2)13-15-9-12-21-18-8-6-5-7-17(15)18/h5-8,15-16,19H,3-4,9-14H2,1-2H3. The Morgan fingerprint density at radius 2 is 2.14 bits per heavy atom. The molecule has 0 amide bonds. The summed E-state index contributed by atoms with van der Waals surface area (Å²) < 4.78 is 11.5. The molecular weight excluding hydrogens is 262 g/mol. The fourth-order valence-electron chi connectivity index (χ4n) is 2.93. The zero-order valence-corrected chi connectivity index (χ0v) is 13.4. The van der Waals surface area contributed by atoms with E-state index in [0.29, 0.717) is 12.0 Å². The first-order chi connectivity index (χ1) is 10.3. The zero-order chi connectivity index (χ0) is 14.9. The SMILES string of the molecule is CCCNC(COCCC)CC1CCOc2ccccc21. The fourth-order valence-corrected chi connectivity index (χ4v) is 2.93. The van der Waals surface area contributed by atoms with Crippen LogP contribution in [0.5, 0.6) is 5.75 Å². The summed E-state index contributed by atoms with van der Waals surface area (Å²) in [7, 11) is 0. The molecule has 0 saturated heterocycles. The third kappa shape index (κ3) is 5.01. The van der Waals surface area contributed by atoms with Gasteiger partial charge in [0.05, 0.1) is 13.2 Å². The van der Waals surface area contributed by atoms with Gasteiger partial charge in [0.1, 0.15) is 5.75 Å². The number of ether oxygens (including phenoxy) is 2. The summed E-state index contributed by atoms with van der Waals surface area (Å²) in [5.41, 5.74) is 1.36. The monoisotopic (exact) mass is 291 g/mol. The quantitative estimate of drug-likeness (QED) is 0.703. The van der Waals surface area contributed by atoms with Crippen LogP contribution in [0.15, 0.2) is 24.3 Å². The Morgan fingerprint density at radius 1 is 1.29 bits per heavy atom. The molecule has 118 valence electrons. The van der Waals surface area contributed by atoms with E-state index < -0.39 is 0 Å². The molecule has 1 N–H and O–H groups in total. The van der Waals surface area contributed by atoms with Gasteiger partial charge in [0.2, 0.25) is 0 Å². The molecule has 21 heavy (non-hydrogen) atoms. The summed E-state index contributed by atoms with van der Waals surface area (Å²) in [6, 6.07) is 8.90. The predicted molar refractivity (Wildman–Crippen MR) is 87.1 cm³/mol. The molecule has 3 nitrogen and oxygen atoms in total. The van der Waals surface area contributed by atoms with Crippen LogP contribution in [0.25, 0.3) is 0 Å². The molecule has 2 rings (SSSR count). The van der Waals surface area contributed by atoms with Gasteiger partial charge in [-0.05, 0) is 49.8 Å². The lowest BCUT2D eigenvalue weighted by molar-refractivity contribution is 0.105. The molecule has 0 aliphatic carbocycles. The van der Waals surface area contributed by atoms with Gasteiger partial charge in [-0.15, -0.1) is 0 Å². The second-order valence-electron chi connectivity index (χ2n) is 5.83. The van der Waals surface area contributed by atoms with Crippen molar-refractivity contribution in [2.24, 2.45) is 0 Å². The number of fused-ring (bicyclic) bond motifs is 1. The van der Waals surface area contributed by atoms with Crippen molar-refractivity contribution >= 4 is 0 Å². The van der Waals surface area contributed by atoms with E-state index in [1.54, 1.807) is 0 Å². The predicted octanol–water partition coefficient (Wildman–Crippen LogP) is 3.74. The van der Waals surface area contributed by atoms with E-state index >= 15 is 0 Å². The Balaban J connectivity index is 1.95. The second kappa shape index (κ2) is 9.06. The van der Waals surface area contributed by atoms with E-state index in [9.17, 15) is 0 Å². The van der Waals surface area contributed by atoms with Crippen molar-refractivity contribution in [3.63, 3.8) is 0 Å². The van der Waals surface area contributed by atoms with Gasteiger partial charge >= 0.3 is 0 Å². The molecule has 0 spiro atoms. The van der Waals surface area contributed by atoms with Crippen molar-refractivity contribution in [1.29, 1.82) is 0 Å². The molecule has 0 bridgehead atoms. The highest BCUT2D eigenvalue weighted by Crippen LogP contribution is 2.36. The normalized spacial score (nSPS) is 18.9. The molecule has 1 aliphatic rings. The first-order valence-electron chi connectivity index (χ1n) is 8.38. The van der Waals surface area contributed by atoms with Crippen molar-refractivity contribution in [3.8, 4) is 5.75 Å². The highest BCUT2D eigenvalue weighted by Gasteiger charge is 2.24. The average molecular weight is 291 g/mol. The van der Waals surface area contributed by atoms with Crippen LogP contribution in [0.4, 0.5) is 0 Å². The summed E-state index contributed by atoms with van der Waals surface area (Å²) in [6.07, 6.45) is 4.48. The number of para-hydroxylation sites is 1. The Kier molecular flexibility index (Phi) is 7.04. The number of hydrogen-bond acceptors (Lipinski definition) is 3. The Morgan fingerprint density at radius 3 is 2.95 bits per heavy atom. The van der Waals surface area contributed by atoms with Gasteiger partial charge in [-0.3, -0.25) is 0 Å². The minimum Gasteiger partial charge on any atom is -0.493 e. The van der Waals surface area contributed by atoms with E-state index in [1.807, 2.05) is 0 Å². The lowest BCUT2D eigenvalue weighted by atomic mass is 9.87. The molecule has 0 fully saturated rings. The van der Waals surface area contributed by atoms with Gasteiger partial charge in [-0.2, -0.15) is 0 Å². The summed E-state index contributed by atoms with van der Waals surface area (Å²) in [5.74, 6) is 1.65. The molecule has 0 aromatic heterocycles. The number of rotatable bonds is 9. The minimum absolute atomic E-state index is 0.438. The van der Waals surface area contributed by atoms with E-state index in [4.69, 9.17) is 9.47 Å². The van der Waals surface area contributed by atoms with Gasteiger partial charge in [-0.25, -0.2) is 0 Å². The highest BCUT2D eigenvalue weighted by atomic mass is 16.5. The zero-order valence-electron chi connectivity index (χ0n) is 13.4. The van der Waals surface area contributed by atoms with Gasteiger partial charge in [0.25, 0.3) is 0 Å². The number of hydrogen-bond donors (Lipinski definition) is 1. The van der Waals surface area contributed by atoms with E-state index in [0.717, 1.165) is 57.8 Å². The van der Waals surface area contributed by atoms with Crippen molar-refractivity contribution in [2.75, 3.05) is 26.4 Å². The van der Waals surface area contributed by atoms with E-state index in [1.165, 1.54) is 5.56 Å². The molecule has 1 aromatic carbocycles. The Hall–Kier alpha value is -1.06. The van der Waals surface area contributed by atoms with Crippen LogP contribution >= 0.6 is 0 Å². The summed E-state index contributed by atoms with van der Waals surface area (Å²) in [6.45, 7) is 7.93. The maximum Gasteiger partial charge on any atom is 0.122 e.